The van der Waals surface area contributed by atoms with E-state index >= 15 is 0 Å². The molecule has 21 heavy (non-hydrogen) atoms. The maximum Gasteiger partial charge on any atom is 0.111 e. The molecular weight excluding hydrogens is 303 g/mol. The predicted octanol–water partition coefficient (Wildman–Crippen LogP) is 6.00. The average molecular weight is 327 g/mol. The molecule has 4 heteroatoms. The minimum atomic E-state index is 0.513. The van der Waals surface area contributed by atoms with Crippen molar-refractivity contribution in [3.8, 4) is 0 Å². The molecule has 0 aliphatic carbocycles. The Kier molecular flexibility index (Phi) is 6.38. The number of aromatic nitrogens is 2. The van der Waals surface area contributed by atoms with Crippen LogP contribution in [0.4, 0.5) is 0 Å². The van der Waals surface area contributed by atoms with Crippen molar-refractivity contribution in [2.75, 3.05) is 5.88 Å². The molecule has 0 saturated heterocycles. The number of alkyl halides is 1. The average Bonchev–Trinajstić information content (AvgIpc) is 2.81. The molecule has 0 spiro atoms. The summed E-state index contributed by atoms with van der Waals surface area (Å²) in [7, 11) is 0. The first-order chi connectivity index (χ1) is 10.2. The monoisotopic (exact) mass is 326 g/mol. The molecule has 1 aromatic carbocycles. The number of rotatable bonds is 8. The van der Waals surface area contributed by atoms with Crippen molar-refractivity contribution in [3.63, 3.8) is 0 Å². The fourth-order valence-corrected chi connectivity index (χ4v) is 3.30. The Balaban J connectivity index is 2.48. The number of benzene rings is 1. The standard InChI is InChI=1S/C17H24Cl2N2/c1-3-5-7-14(6-4-2)21-16-9-8-13(19)12-15(16)20-17(21)10-11-18/h8-9,12,14H,3-7,10-11H2,1-2H3. The van der Waals surface area contributed by atoms with Gasteiger partial charge >= 0.3 is 0 Å². The smallest absolute Gasteiger partial charge is 0.111 e. The van der Waals surface area contributed by atoms with Crippen LogP contribution in [0.1, 0.15) is 57.8 Å². The van der Waals surface area contributed by atoms with Gasteiger partial charge in [0.05, 0.1) is 11.0 Å². The lowest BCUT2D eigenvalue weighted by atomic mass is 10.0. The zero-order valence-corrected chi connectivity index (χ0v) is 14.4. The Hall–Kier alpha value is -0.730. The lowest BCUT2D eigenvalue weighted by molar-refractivity contribution is 0.415. The third-order valence-corrected chi connectivity index (χ3v) is 4.34. The van der Waals surface area contributed by atoms with E-state index in [2.05, 4.69) is 24.5 Å². The van der Waals surface area contributed by atoms with Gasteiger partial charge < -0.3 is 4.57 Å². The van der Waals surface area contributed by atoms with Crippen LogP contribution in [0.25, 0.3) is 11.0 Å². The van der Waals surface area contributed by atoms with E-state index in [1.807, 2.05) is 12.1 Å². The molecule has 2 aromatic rings. The SMILES string of the molecule is CCCCC(CCC)n1c(CCCl)nc2cc(Cl)ccc21. The van der Waals surface area contributed by atoms with E-state index in [-0.39, 0.29) is 0 Å². The van der Waals surface area contributed by atoms with Gasteiger partial charge in [0.1, 0.15) is 5.82 Å². The predicted molar refractivity (Wildman–Crippen MR) is 92.6 cm³/mol. The summed E-state index contributed by atoms with van der Waals surface area (Å²) in [4.78, 5) is 4.77. The van der Waals surface area contributed by atoms with Crippen molar-refractivity contribution >= 4 is 34.2 Å². The maximum atomic E-state index is 6.11. The topological polar surface area (TPSA) is 17.8 Å². The number of imidazole rings is 1. The quantitative estimate of drug-likeness (QED) is 0.544. The highest BCUT2D eigenvalue weighted by atomic mass is 35.5. The van der Waals surface area contributed by atoms with Crippen LogP contribution < -0.4 is 0 Å². The van der Waals surface area contributed by atoms with Crippen LogP contribution in [0.3, 0.4) is 0 Å². The lowest BCUT2D eigenvalue weighted by Gasteiger charge is -2.21. The van der Waals surface area contributed by atoms with Crippen molar-refractivity contribution < 1.29 is 0 Å². The highest BCUT2D eigenvalue weighted by molar-refractivity contribution is 6.31. The minimum Gasteiger partial charge on any atom is -0.325 e. The molecule has 0 bridgehead atoms. The van der Waals surface area contributed by atoms with Gasteiger partial charge in [-0.15, -0.1) is 11.6 Å². The van der Waals surface area contributed by atoms with E-state index in [4.69, 9.17) is 28.2 Å². The van der Waals surface area contributed by atoms with Gasteiger partial charge in [0.2, 0.25) is 0 Å². The van der Waals surface area contributed by atoms with Crippen molar-refractivity contribution in [3.05, 3.63) is 29.0 Å². The van der Waals surface area contributed by atoms with E-state index < -0.39 is 0 Å². The molecule has 0 aliphatic rings. The second-order valence-electron chi connectivity index (χ2n) is 5.55. The van der Waals surface area contributed by atoms with Crippen LogP contribution in [0.2, 0.25) is 5.02 Å². The van der Waals surface area contributed by atoms with Crippen LogP contribution in [0, 0.1) is 0 Å². The summed E-state index contributed by atoms with van der Waals surface area (Å²) in [6, 6.07) is 6.51. The molecule has 0 fully saturated rings. The third kappa shape index (κ3) is 3.92. The molecule has 116 valence electrons. The lowest BCUT2D eigenvalue weighted by Crippen LogP contribution is -2.13. The van der Waals surface area contributed by atoms with Crippen LogP contribution >= 0.6 is 23.2 Å². The van der Waals surface area contributed by atoms with Crippen molar-refractivity contribution in [1.82, 2.24) is 9.55 Å². The summed E-state index contributed by atoms with van der Waals surface area (Å²) in [6.07, 6.45) is 6.85. The number of fused-ring (bicyclic) bond motifs is 1. The van der Waals surface area contributed by atoms with Crippen LogP contribution in [0.5, 0.6) is 0 Å². The van der Waals surface area contributed by atoms with Gasteiger partial charge in [-0.1, -0.05) is 44.7 Å². The van der Waals surface area contributed by atoms with E-state index in [0.29, 0.717) is 11.9 Å². The number of nitrogens with zero attached hydrogens (tertiary/aromatic N) is 2. The van der Waals surface area contributed by atoms with Crippen molar-refractivity contribution in [2.45, 2.75) is 58.4 Å². The van der Waals surface area contributed by atoms with Gasteiger partial charge in [-0.05, 0) is 31.0 Å². The Morgan fingerprint density at radius 1 is 1.19 bits per heavy atom. The van der Waals surface area contributed by atoms with E-state index in [1.54, 1.807) is 0 Å². The van der Waals surface area contributed by atoms with Gasteiger partial charge in [0.25, 0.3) is 0 Å². The van der Waals surface area contributed by atoms with E-state index in [0.717, 1.165) is 22.8 Å². The van der Waals surface area contributed by atoms with Crippen molar-refractivity contribution in [1.29, 1.82) is 0 Å². The van der Waals surface area contributed by atoms with Crippen LogP contribution in [-0.2, 0) is 6.42 Å². The fourth-order valence-electron chi connectivity index (χ4n) is 2.97. The summed E-state index contributed by atoms with van der Waals surface area (Å²) in [5.74, 6) is 1.70. The first kappa shape index (κ1) is 16.6. The normalized spacial score (nSPS) is 13.0. The van der Waals surface area contributed by atoms with E-state index in [1.165, 1.54) is 37.6 Å². The molecule has 0 amide bonds. The summed E-state index contributed by atoms with van der Waals surface area (Å²) < 4.78 is 2.41. The first-order valence-corrected chi connectivity index (χ1v) is 8.84. The van der Waals surface area contributed by atoms with Gasteiger partial charge in [-0.25, -0.2) is 4.98 Å². The van der Waals surface area contributed by atoms with Crippen LogP contribution in [0.15, 0.2) is 18.2 Å². The number of hydrogen-bond acceptors (Lipinski definition) is 1. The molecule has 1 unspecified atom stereocenters. The highest BCUT2D eigenvalue weighted by Crippen LogP contribution is 2.29. The molecule has 2 rings (SSSR count). The molecule has 1 heterocycles. The summed E-state index contributed by atoms with van der Waals surface area (Å²) >= 11 is 12.1. The van der Waals surface area contributed by atoms with Crippen molar-refractivity contribution in [2.24, 2.45) is 0 Å². The molecule has 0 N–H and O–H groups in total. The number of aryl methyl sites for hydroxylation is 1. The summed E-state index contributed by atoms with van der Waals surface area (Å²) in [6.45, 7) is 4.49. The molecule has 1 aromatic heterocycles. The molecule has 0 radical (unpaired) electrons. The maximum absolute atomic E-state index is 6.11. The third-order valence-electron chi connectivity index (χ3n) is 3.92. The van der Waals surface area contributed by atoms with Gasteiger partial charge in [0, 0.05) is 23.4 Å². The zero-order valence-electron chi connectivity index (χ0n) is 12.9. The number of unbranched alkanes of at least 4 members (excludes halogenated alkanes) is 1. The molecule has 2 nitrogen and oxygen atoms in total. The Bertz CT molecular complexity index is 577. The second-order valence-corrected chi connectivity index (χ2v) is 6.37. The summed E-state index contributed by atoms with van der Waals surface area (Å²) in [5, 5.41) is 0.741. The number of halogens is 2. The van der Waals surface area contributed by atoms with Gasteiger partial charge in [-0.2, -0.15) is 0 Å². The second kappa shape index (κ2) is 8.05. The molecule has 0 saturated carbocycles. The van der Waals surface area contributed by atoms with Crippen LogP contribution in [-0.4, -0.2) is 15.4 Å². The summed E-state index contributed by atoms with van der Waals surface area (Å²) in [5.41, 5.74) is 2.18. The molecule has 1 atom stereocenters. The highest BCUT2D eigenvalue weighted by Gasteiger charge is 2.18. The largest absolute Gasteiger partial charge is 0.325 e. The zero-order chi connectivity index (χ0) is 15.2. The Morgan fingerprint density at radius 2 is 2.00 bits per heavy atom. The number of hydrogen-bond donors (Lipinski definition) is 0. The van der Waals surface area contributed by atoms with E-state index in [9.17, 15) is 0 Å². The minimum absolute atomic E-state index is 0.513. The molecular formula is C17H24Cl2N2. The Morgan fingerprint density at radius 3 is 2.67 bits per heavy atom. The van der Waals surface area contributed by atoms with Gasteiger partial charge in [0.15, 0.2) is 0 Å². The Labute approximate surface area is 137 Å². The van der Waals surface area contributed by atoms with Gasteiger partial charge in [-0.3, -0.25) is 0 Å². The molecule has 0 aliphatic heterocycles. The fraction of sp³-hybridized carbons (Fsp3) is 0.588. The first-order valence-electron chi connectivity index (χ1n) is 7.93.